The third-order valence-corrected chi connectivity index (χ3v) is 0. The van der Waals surface area contributed by atoms with Gasteiger partial charge in [-0.05, 0) is 0 Å². The van der Waals surface area contributed by atoms with Crippen LogP contribution in [0.15, 0.2) is 0 Å². The van der Waals surface area contributed by atoms with Crippen molar-refractivity contribution in [1.82, 2.24) is 0 Å². The van der Waals surface area contributed by atoms with Gasteiger partial charge in [-0.15, -0.1) is 0 Å². The van der Waals surface area contributed by atoms with E-state index in [1.54, 1.807) is 0 Å². The minimum Gasteiger partial charge on any atom is -0.358 e. The van der Waals surface area contributed by atoms with E-state index in [9.17, 15) is 0 Å². The fraction of sp³-hybridized carbons (Fsp3) is 0. The Hall–Kier alpha value is 0.662. The Labute approximate surface area is 65.4 Å². The Morgan fingerprint density at radius 2 is 0.286 bits per heavy atom. The Kier molecular flexibility index (Phi) is 53900. The quantitative estimate of drug-likeness (QED) is 0.597. The fourth-order valence-corrected chi connectivity index (χ4v) is 0. The Bertz CT molecular complexity index is 4.14. The van der Waals surface area contributed by atoms with Crippen LogP contribution in [0.2, 0.25) is 0 Å². The molecule has 0 aromatic carbocycles. The van der Waals surface area contributed by atoms with Crippen LogP contribution in [-0.4, -0.2) is 0 Å². The van der Waals surface area contributed by atoms with Gasteiger partial charge < -0.3 is 44.6 Å². The van der Waals surface area contributed by atoms with Crippen LogP contribution < -0.4 is 0 Å². The van der Waals surface area contributed by atoms with Crippen molar-refractivity contribution in [3.8, 4) is 0 Å². The van der Waals surface area contributed by atoms with E-state index in [0.717, 1.165) is 0 Å². The second kappa shape index (κ2) is 487. The molecule has 1 radical (unpaired) electrons. The van der Waals surface area contributed by atoms with Crippen molar-refractivity contribution in [2.45, 2.75) is 0 Å². The van der Waals surface area contributed by atoms with E-state index in [1.807, 2.05) is 0 Å². The standard InChI is InChI=1S/6CH3.Re/h6*1H3;/q6*-1;. The first-order valence-corrected chi connectivity index (χ1v) is 0. The summed E-state index contributed by atoms with van der Waals surface area (Å²) in [6.07, 6.45) is 0. The summed E-state index contributed by atoms with van der Waals surface area (Å²) in [6, 6.07) is 0. The van der Waals surface area contributed by atoms with E-state index < -0.39 is 0 Å². The van der Waals surface area contributed by atoms with Gasteiger partial charge in [-0.2, -0.15) is 0 Å². The van der Waals surface area contributed by atoms with Crippen LogP contribution in [0.25, 0.3) is 0 Å². The molecule has 1 heteroatoms. The smallest absolute Gasteiger partial charge is 0 e. The zero-order chi connectivity index (χ0) is 0. The van der Waals surface area contributed by atoms with Gasteiger partial charge in [0, 0.05) is 20.4 Å². The third-order valence-electron chi connectivity index (χ3n) is 0. The van der Waals surface area contributed by atoms with Crippen LogP contribution in [0.1, 0.15) is 0 Å². The Balaban J connectivity index is 0. The van der Waals surface area contributed by atoms with Crippen LogP contribution in [0.3, 0.4) is 0 Å². The van der Waals surface area contributed by atoms with Crippen molar-refractivity contribution in [3.05, 3.63) is 44.6 Å². The number of hydrogen-bond acceptors (Lipinski definition) is 0. The summed E-state index contributed by atoms with van der Waals surface area (Å²) in [5, 5.41) is 0. The van der Waals surface area contributed by atoms with Gasteiger partial charge in [0.1, 0.15) is 0 Å². The van der Waals surface area contributed by atoms with Gasteiger partial charge in [-0.25, -0.2) is 0 Å². The van der Waals surface area contributed by atoms with Crippen molar-refractivity contribution < 1.29 is 20.4 Å². The molecule has 0 nitrogen and oxygen atoms in total. The first-order valence-electron chi connectivity index (χ1n) is 0. The molecule has 0 bridgehead atoms. The first-order chi connectivity index (χ1) is 0. The van der Waals surface area contributed by atoms with Gasteiger partial charge in [0.15, 0.2) is 0 Å². The zero-order valence-electron chi connectivity index (χ0n) is 6.38. The predicted octanol–water partition coefficient (Wildman–Crippen LogP) is 2.70. The molecule has 0 heterocycles. The maximum Gasteiger partial charge on any atom is 0 e. The molecule has 0 unspecified atom stereocenters. The molecule has 0 aromatic rings. The summed E-state index contributed by atoms with van der Waals surface area (Å²) in [5.74, 6) is 0. The second-order valence-electron chi connectivity index (χ2n) is 0. The molecule has 0 saturated carbocycles. The molecule has 0 aromatic heterocycles. The normalized spacial score (nSPS) is 0. The van der Waals surface area contributed by atoms with Gasteiger partial charge in [0.2, 0.25) is 0 Å². The van der Waals surface area contributed by atoms with Crippen molar-refractivity contribution in [3.63, 3.8) is 0 Å². The van der Waals surface area contributed by atoms with Gasteiger partial charge in [-0.1, -0.05) is 0 Å². The Morgan fingerprint density at radius 3 is 0.286 bits per heavy atom. The van der Waals surface area contributed by atoms with E-state index in [1.165, 1.54) is 0 Å². The van der Waals surface area contributed by atoms with Gasteiger partial charge in [-0.3, -0.25) is 0 Å². The van der Waals surface area contributed by atoms with Crippen LogP contribution in [0.4, 0.5) is 0 Å². The van der Waals surface area contributed by atoms with Gasteiger partial charge in [0.05, 0.1) is 0 Å². The first kappa shape index (κ1) is 775. The number of rotatable bonds is 0. The molecule has 0 N–H and O–H groups in total. The van der Waals surface area contributed by atoms with Crippen molar-refractivity contribution in [2.24, 2.45) is 0 Å². The van der Waals surface area contributed by atoms with Crippen LogP contribution in [0, 0.1) is 44.6 Å². The van der Waals surface area contributed by atoms with Crippen molar-refractivity contribution >= 4 is 0 Å². The summed E-state index contributed by atoms with van der Waals surface area (Å²) in [4.78, 5) is 0. The van der Waals surface area contributed by atoms with E-state index >= 15 is 0 Å². The topological polar surface area (TPSA) is 0 Å². The van der Waals surface area contributed by atoms with E-state index in [4.69, 9.17) is 0 Å². The maximum absolute atomic E-state index is 0. The van der Waals surface area contributed by atoms with E-state index in [-0.39, 0.29) is 65.0 Å². The molecule has 0 aliphatic carbocycles. The van der Waals surface area contributed by atoms with Crippen LogP contribution in [-0.2, 0) is 20.4 Å². The SMILES string of the molecule is [CH3-].[CH3-].[CH3-].[CH3-].[CH3-].[CH3-].[Re]. The van der Waals surface area contributed by atoms with Crippen LogP contribution >= 0.6 is 0 Å². The maximum atomic E-state index is 0. The third kappa shape index (κ3) is 330. The van der Waals surface area contributed by atoms with Crippen LogP contribution in [0.5, 0.6) is 0 Å². The summed E-state index contributed by atoms with van der Waals surface area (Å²) in [5.41, 5.74) is 0. The molecule has 0 rings (SSSR count). The average Bonchev–Trinajstić information content (AvgIpc) is 0. The molecule has 0 spiro atoms. The largest absolute Gasteiger partial charge is 0.358 e. The minimum absolute atomic E-state index is 0. The molecule has 55 valence electrons. The van der Waals surface area contributed by atoms with Crippen molar-refractivity contribution in [2.75, 3.05) is 0 Å². The van der Waals surface area contributed by atoms with Crippen molar-refractivity contribution in [1.29, 1.82) is 0 Å². The molecular formula is C6H18Re-6. The molecule has 0 saturated heterocycles. The molecular weight excluding hydrogens is 258 g/mol. The number of hydrogen-bond donors (Lipinski definition) is 0. The zero-order valence-corrected chi connectivity index (χ0v) is 9.09. The van der Waals surface area contributed by atoms with Gasteiger partial charge >= 0.3 is 0 Å². The molecule has 7 heavy (non-hydrogen) atoms. The second-order valence-corrected chi connectivity index (χ2v) is 0. The van der Waals surface area contributed by atoms with Gasteiger partial charge in [0.25, 0.3) is 0 Å². The molecule has 0 fully saturated rings. The summed E-state index contributed by atoms with van der Waals surface area (Å²) >= 11 is 0. The average molecular weight is 276 g/mol. The minimum atomic E-state index is 0. The molecule has 0 amide bonds. The predicted molar refractivity (Wildman–Crippen MR) is 38.5 cm³/mol. The molecule has 0 atom stereocenters. The summed E-state index contributed by atoms with van der Waals surface area (Å²) in [6.45, 7) is 0. The Morgan fingerprint density at radius 1 is 0.286 bits per heavy atom. The van der Waals surface area contributed by atoms with E-state index in [2.05, 4.69) is 0 Å². The fourth-order valence-electron chi connectivity index (χ4n) is 0. The summed E-state index contributed by atoms with van der Waals surface area (Å²) in [7, 11) is 0. The van der Waals surface area contributed by atoms with E-state index in [0.29, 0.717) is 0 Å². The molecule has 0 aliphatic heterocycles. The molecule has 0 aliphatic rings. The summed E-state index contributed by atoms with van der Waals surface area (Å²) < 4.78 is 0. The monoisotopic (exact) mass is 277 g/mol.